The first kappa shape index (κ1) is 15.3. The summed E-state index contributed by atoms with van der Waals surface area (Å²) in [6.07, 6.45) is 8.25. The lowest BCUT2D eigenvalue weighted by Crippen LogP contribution is -2.36. The molecule has 1 aliphatic rings. The smallest absolute Gasteiger partial charge is 0.248 e. The number of benzene rings is 1. The van der Waals surface area contributed by atoms with E-state index in [1.54, 1.807) is 6.08 Å². The van der Waals surface area contributed by atoms with E-state index in [0.717, 1.165) is 37.3 Å². The highest BCUT2D eigenvalue weighted by Crippen LogP contribution is 2.28. The van der Waals surface area contributed by atoms with Crippen molar-refractivity contribution in [3.63, 3.8) is 0 Å². The number of allylic oxidation sites excluding steroid dienone is 3. The summed E-state index contributed by atoms with van der Waals surface area (Å²) in [4.78, 5) is 14.1. The Morgan fingerprint density at radius 3 is 2.71 bits per heavy atom. The number of para-hydroxylation sites is 2. The summed E-state index contributed by atoms with van der Waals surface area (Å²) in [5.74, 6) is -0.141. The van der Waals surface area contributed by atoms with Gasteiger partial charge >= 0.3 is 0 Å². The average Bonchev–Trinajstić information content (AvgIpc) is 2.49. The van der Waals surface area contributed by atoms with E-state index in [0.29, 0.717) is 0 Å². The minimum Gasteiger partial charge on any atom is -0.393 e. The van der Waals surface area contributed by atoms with Gasteiger partial charge in [-0.2, -0.15) is 0 Å². The highest BCUT2D eigenvalue weighted by Gasteiger charge is 2.19. The second-order valence-electron chi connectivity index (χ2n) is 5.11. The number of anilines is 2. The first-order valence-corrected chi connectivity index (χ1v) is 7.33. The van der Waals surface area contributed by atoms with Crippen LogP contribution in [0.4, 0.5) is 11.4 Å². The molecule has 21 heavy (non-hydrogen) atoms. The van der Waals surface area contributed by atoms with Gasteiger partial charge in [-0.1, -0.05) is 30.4 Å². The molecule has 112 valence electrons. The van der Waals surface area contributed by atoms with Gasteiger partial charge in [-0.25, -0.2) is 0 Å². The van der Waals surface area contributed by atoms with Crippen molar-refractivity contribution in [2.75, 3.05) is 23.3 Å². The van der Waals surface area contributed by atoms with Crippen molar-refractivity contribution < 1.29 is 9.90 Å². The number of aliphatic hydroxyl groups is 1. The minimum atomic E-state index is -0.202. The Bertz CT molecular complexity index is 529. The van der Waals surface area contributed by atoms with Crippen LogP contribution < -0.4 is 10.2 Å². The summed E-state index contributed by atoms with van der Waals surface area (Å²) in [6, 6.07) is 7.78. The monoisotopic (exact) mass is 286 g/mol. The van der Waals surface area contributed by atoms with Crippen molar-refractivity contribution in [2.45, 2.75) is 25.9 Å². The molecule has 0 spiro atoms. The Hall–Kier alpha value is -2.07. The first-order chi connectivity index (χ1) is 10.2. The van der Waals surface area contributed by atoms with Crippen LogP contribution in [-0.4, -0.2) is 30.2 Å². The first-order valence-electron chi connectivity index (χ1n) is 7.33. The highest BCUT2D eigenvalue weighted by atomic mass is 16.3. The molecule has 1 aromatic rings. The van der Waals surface area contributed by atoms with Crippen LogP contribution in [0.2, 0.25) is 0 Å². The number of hydrogen-bond acceptors (Lipinski definition) is 3. The van der Waals surface area contributed by atoms with Crippen LogP contribution in [0.5, 0.6) is 0 Å². The summed E-state index contributed by atoms with van der Waals surface area (Å²) in [7, 11) is 0. The van der Waals surface area contributed by atoms with Crippen LogP contribution in [0, 0.1) is 0 Å². The average molecular weight is 286 g/mol. The lowest BCUT2D eigenvalue weighted by molar-refractivity contribution is -0.111. The van der Waals surface area contributed by atoms with E-state index in [1.807, 2.05) is 43.3 Å². The predicted octanol–water partition coefficient (Wildman–Crippen LogP) is 2.72. The van der Waals surface area contributed by atoms with Crippen LogP contribution >= 0.6 is 0 Å². The van der Waals surface area contributed by atoms with Gasteiger partial charge in [0.2, 0.25) is 5.91 Å². The Kier molecular flexibility index (Phi) is 5.58. The van der Waals surface area contributed by atoms with E-state index in [-0.39, 0.29) is 12.0 Å². The number of amides is 1. The zero-order chi connectivity index (χ0) is 15.1. The fourth-order valence-corrected chi connectivity index (χ4v) is 2.39. The van der Waals surface area contributed by atoms with Crippen LogP contribution in [0.15, 0.2) is 48.6 Å². The molecule has 1 amide bonds. The van der Waals surface area contributed by atoms with Gasteiger partial charge in [0, 0.05) is 19.2 Å². The number of carbonyl (C=O) groups excluding carboxylic acids is 1. The molecule has 0 bridgehead atoms. The summed E-state index contributed by atoms with van der Waals surface area (Å²) in [5.41, 5.74) is 1.82. The molecule has 1 aromatic carbocycles. The number of piperidine rings is 1. The summed E-state index contributed by atoms with van der Waals surface area (Å²) >= 11 is 0. The van der Waals surface area contributed by atoms with Crippen LogP contribution in [0.1, 0.15) is 19.8 Å². The Labute approximate surface area is 125 Å². The summed E-state index contributed by atoms with van der Waals surface area (Å²) < 4.78 is 0. The number of nitrogens with zero attached hydrogens (tertiary/aromatic N) is 1. The number of carbonyl (C=O) groups is 1. The molecule has 0 saturated carbocycles. The molecule has 0 atom stereocenters. The molecule has 2 N–H and O–H groups in total. The Balaban J connectivity index is 2.08. The molecule has 1 fully saturated rings. The van der Waals surface area contributed by atoms with Gasteiger partial charge in [-0.05, 0) is 31.9 Å². The van der Waals surface area contributed by atoms with Gasteiger partial charge < -0.3 is 15.3 Å². The van der Waals surface area contributed by atoms with Gasteiger partial charge in [-0.15, -0.1) is 0 Å². The van der Waals surface area contributed by atoms with Gasteiger partial charge in [-0.3, -0.25) is 4.79 Å². The third-order valence-corrected chi connectivity index (χ3v) is 3.52. The largest absolute Gasteiger partial charge is 0.393 e. The normalized spacial score (nSPS) is 16.8. The topological polar surface area (TPSA) is 52.6 Å². The second-order valence-corrected chi connectivity index (χ2v) is 5.11. The lowest BCUT2D eigenvalue weighted by Gasteiger charge is -2.32. The third kappa shape index (κ3) is 4.46. The number of rotatable bonds is 4. The molecule has 1 aliphatic heterocycles. The predicted molar refractivity (Wildman–Crippen MR) is 86.5 cm³/mol. The van der Waals surface area contributed by atoms with Gasteiger partial charge in [0.15, 0.2) is 0 Å². The quantitative estimate of drug-likeness (QED) is 0.661. The molecular formula is C17H22N2O2. The second kappa shape index (κ2) is 7.64. The van der Waals surface area contributed by atoms with Crippen LogP contribution in [0.3, 0.4) is 0 Å². The van der Waals surface area contributed by atoms with Crippen LogP contribution in [0.25, 0.3) is 0 Å². The van der Waals surface area contributed by atoms with Crippen molar-refractivity contribution in [3.8, 4) is 0 Å². The number of hydrogen-bond donors (Lipinski definition) is 2. The van der Waals surface area contributed by atoms with Crippen molar-refractivity contribution in [2.24, 2.45) is 0 Å². The molecule has 0 aromatic heterocycles. The zero-order valence-corrected chi connectivity index (χ0v) is 12.3. The van der Waals surface area contributed by atoms with E-state index in [2.05, 4.69) is 10.2 Å². The minimum absolute atomic E-state index is 0.141. The van der Waals surface area contributed by atoms with Gasteiger partial charge in [0.25, 0.3) is 0 Å². The molecule has 0 radical (unpaired) electrons. The van der Waals surface area contributed by atoms with Crippen LogP contribution in [-0.2, 0) is 4.79 Å². The fraction of sp³-hybridized carbons (Fsp3) is 0.353. The zero-order valence-electron chi connectivity index (χ0n) is 12.3. The van der Waals surface area contributed by atoms with Gasteiger partial charge in [0.1, 0.15) is 0 Å². The maximum atomic E-state index is 11.9. The van der Waals surface area contributed by atoms with E-state index in [4.69, 9.17) is 0 Å². The Morgan fingerprint density at radius 2 is 2.00 bits per heavy atom. The van der Waals surface area contributed by atoms with Gasteiger partial charge in [0.05, 0.1) is 17.5 Å². The Morgan fingerprint density at radius 1 is 1.29 bits per heavy atom. The SMILES string of the molecule is CC=CC=CC(=O)Nc1ccccc1N1CCC(O)CC1. The van der Waals surface area contributed by atoms with E-state index >= 15 is 0 Å². The van der Waals surface area contributed by atoms with Crippen molar-refractivity contribution in [3.05, 3.63) is 48.6 Å². The molecule has 0 aliphatic carbocycles. The van der Waals surface area contributed by atoms with Crippen molar-refractivity contribution >= 4 is 17.3 Å². The van der Waals surface area contributed by atoms with Crippen molar-refractivity contribution in [1.82, 2.24) is 0 Å². The fourth-order valence-electron chi connectivity index (χ4n) is 2.39. The van der Waals surface area contributed by atoms with E-state index in [9.17, 15) is 9.90 Å². The van der Waals surface area contributed by atoms with E-state index in [1.165, 1.54) is 6.08 Å². The third-order valence-electron chi connectivity index (χ3n) is 3.52. The molecule has 1 heterocycles. The summed E-state index contributed by atoms with van der Waals surface area (Å²) in [5, 5.41) is 12.5. The maximum absolute atomic E-state index is 11.9. The molecule has 2 rings (SSSR count). The highest BCUT2D eigenvalue weighted by molar-refractivity contribution is 6.01. The molecule has 4 nitrogen and oxygen atoms in total. The van der Waals surface area contributed by atoms with Crippen molar-refractivity contribution in [1.29, 1.82) is 0 Å². The maximum Gasteiger partial charge on any atom is 0.248 e. The lowest BCUT2D eigenvalue weighted by atomic mass is 10.1. The molecular weight excluding hydrogens is 264 g/mol. The molecule has 1 saturated heterocycles. The number of nitrogens with one attached hydrogen (secondary N) is 1. The summed E-state index contributed by atoms with van der Waals surface area (Å²) in [6.45, 7) is 3.52. The number of aliphatic hydroxyl groups excluding tert-OH is 1. The standard InChI is InChI=1S/C17H22N2O2/c1-2-3-4-9-17(21)18-15-7-5-6-8-16(15)19-12-10-14(20)11-13-19/h2-9,14,20H,10-13H2,1H3,(H,18,21). The molecule has 4 heteroatoms. The molecule has 0 unspecified atom stereocenters. The van der Waals surface area contributed by atoms with E-state index < -0.39 is 0 Å².